The Labute approximate surface area is 83.6 Å². The average molecular weight is 199 g/mol. The fourth-order valence-corrected chi connectivity index (χ4v) is 2.15. The van der Waals surface area contributed by atoms with Crippen molar-refractivity contribution in [3.63, 3.8) is 0 Å². The molecular weight excluding hydrogens is 182 g/mol. The highest BCUT2D eigenvalue weighted by molar-refractivity contribution is 7.12. The molecule has 0 aliphatic carbocycles. The molecule has 74 valence electrons. The summed E-state index contributed by atoms with van der Waals surface area (Å²) in [4.78, 5) is 2.72. The van der Waals surface area contributed by atoms with Crippen LogP contribution >= 0.6 is 11.3 Å². The number of aliphatic hydroxyl groups is 1. The van der Waals surface area contributed by atoms with Gasteiger partial charge in [0.1, 0.15) is 0 Å². The van der Waals surface area contributed by atoms with Crippen LogP contribution in [0.15, 0.2) is 6.07 Å². The molecule has 0 bridgehead atoms. The van der Waals surface area contributed by atoms with Crippen LogP contribution in [0.1, 0.15) is 22.2 Å². The minimum Gasteiger partial charge on any atom is -0.395 e. The first-order valence-electron chi connectivity index (χ1n) is 4.53. The van der Waals surface area contributed by atoms with E-state index in [9.17, 15) is 0 Å². The van der Waals surface area contributed by atoms with E-state index in [1.165, 1.54) is 15.3 Å². The maximum atomic E-state index is 8.83. The van der Waals surface area contributed by atoms with Crippen molar-refractivity contribution in [1.29, 1.82) is 0 Å². The van der Waals surface area contributed by atoms with Gasteiger partial charge in [-0.15, -0.1) is 11.3 Å². The van der Waals surface area contributed by atoms with Crippen molar-refractivity contribution in [2.24, 2.45) is 0 Å². The van der Waals surface area contributed by atoms with Crippen LogP contribution in [-0.4, -0.2) is 17.8 Å². The molecule has 2 nitrogen and oxygen atoms in total. The molecule has 0 saturated carbocycles. The molecule has 3 heteroatoms. The molecule has 0 aliphatic heterocycles. The fourth-order valence-electron chi connectivity index (χ4n) is 1.21. The fraction of sp³-hybridized carbons (Fsp3) is 0.600. The van der Waals surface area contributed by atoms with E-state index in [1.54, 1.807) is 0 Å². The first-order valence-corrected chi connectivity index (χ1v) is 5.35. The third-order valence-corrected chi connectivity index (χ3v) is 3.07. The zero-order valence-electron chi connectivity index (χ0n) is 8.42. The van der Waals surface area contributed by atoms with Crippen molar-refractivity contribution in [3.05, 3.63) is 21.4 Å². The molecule has 2 N–H and O–H groups in total. The Morgan fingerprint density at radius 2 is 2.23 bits per heavy atom. The summed E-state index contributed by atoms with van der Waals surface area (Å²) in [5.74, 6) is 0. The van der Waals surface area contributed by atoms with Crippen LogP contribution in [0.5, 0.6) is 0 Å². The van der Waals surface area contributed by atoms with Gasteiger partial charge in [-0.3, -0.25) is 0 Å². The molecular formula is C10H17NOS. The number of aliphatic hydroxyl groups excluding tert-OH is 1. The second-order valence-electron chi connectivity index (χ2n) is 3.40. The molecule has 0 aromatic carbocycles. The zero-order valence-corrected chi connectivity index (χ0v) is 9.24. The zero-order chi connectivity index (χ0) is 9.84. The van der Waals surface area contributed by atoms with Gasteiger partial charge >= 0.3 is 0 Å². The lowest BCUT2D eigenvalue weighted by Crippen LogP contribution is -2.28. The standard InChI is InChI=1S/C10H17NOS/c1-7(6-12)11-5-10-4-8(2)13-9(10)3/h4,7,11-12H,5-6H2,1-3H3. The minimum absolute atomic E-state index is 0.180. The first-order chi connectivity index (χ1) is 6.13. The lowest BCUT2D eigenvalue weighted by atomic mass is 10.2. The molecule has 0 radical (unpaired) electrons. The highest BCUT2D eigenvalue weighted by Gasteiger charge is 2.04. The monoisotopic (exact) mass is 199 g/mol. The van der Waals surface area contributed by atoms with Crippen molar-refractivity contribution < 1.29 is 5.11 Å². The smallest absolute Gasteiger partial charge is 0.0582 e. The number of nitrogens with one attached hydrogen (secondary N) is 1. The quantitative estimate of drug-likeness (QED) is 0.775. The van der Waals surface area contributed by atoms with E-state index in [0.29, 0.717) is 0 Å². The van der Waals surface area contributed by atoms with E-state index in [4.69, 9.17) is 5.11 Å². The Balaban J connectivity index is 2.49. The van der Waals surface area contributed by atoms with Crippen molar-refractivity contribution in [3.8, 4) is 0 Å². The number of hydrogen-bond donors (Lipinski definition) is 2. The third kappa shape index (κ3) is 3.10. The van der Waals surface area contributed by atoms with Crippen molar-refractivity contribution in [2.45, 2.75) is 33.4 Å². The van der Waals surface area contributed by atoms with Gasteiger partial charge in [0.25, 0.3) is 0 Å². The van der Waals surface area contributed by atoms with E-state index in [-0.39, 0.29) is 12.6 Å². The van der Waals surface area contributed by atoms with Gasteiger partial charge in [-0.1, -0.05) is 0 Å². The Kier molecular flexibility index (Phi) is 3.90. The van der Waals surface area contributed by atoms with Crippen LogP contribution in [0.25, 0.3) is 0 Å². The summed E-state index contributed by atoms with van der Waals surface area (Å²) < 4.78 is 0. The molecule has 1 heterocycles. The Morgan fingerprint density at radius 3 is 2.69 bits per heavy atom. The van der Waals surface area contributed by atoms with Crippen molar-refractivity contribution in [1.82, 2.24) is 5.32 Å². The Bertz CT molecular complexity index is 270. The summed E-state index contributed by atoms with van der Waals surface area (Å²) in [7, 11) is 0. The highest BCUT2D eigenvalue weighted by Crippen LogP contribution is 2.20. The molecule has 1 rings (SSSR count). The molecule has 0 fully saturated rings. The number of rotatable bonds is 4. The topological polar surface area (TPSA) is 32.3 Å². The molecule has 1 atom stereocenters. The van der Waals surface area contributed by atoms with Gasteiger partial charge in [0.15, 0.2) is 0 Å². The molecule has 0 amide bonds. The average Bonchev–Trinajstić information content (AvgIpc) is 2.41. The van der Waals surface area contributed by atoms with Crippen LogP contribution < -0.4 is 5.32 Å². The van der Waals surface area contributed by atoms with Crippen molar-refractivity contribution >= 4 is 11.3 Å². The summed E-state index contributed by atoms with van der Waals surface area (Å²) in [5, 5.41) is 12.1. The summed E-state index contributed by atoms with van der Waals surface area (Å²) >= 11 is 1.83. The lowest BCUT2D eigenvalue weighted by Gasteiger charge is -2.09. The predicted molar refractivity (Wildman–Crippen MR) is 57.2 cm³/mol. The summed E-state index contributed by atoms with van der Waals surface area (Å²) in [6.45, 7) is 7.30. The van der Waals surface area contributed by atoms with Crippen molar-refractivity contribution in [2.75, 3.05) is 6.61 Å². The Hall–Kier alpha value is -0.380. The van der Waals surface area contributed by atoms with Gasteiger partial charge < -0.3 is 10.4 Å². The Morgan fingerprint density at radius 1 is 1.54 bits per heavy atom. The maximum Gasteiger partial charge on any atom is 0.0582 e. The number of aryl methyl sites for hydroxylation is 2. The largest absolute Gasteiger partial charge is 0.395 e. The summed E-state index contributed by atoms with van der Waals surface area (Å²) in [5.41, 5.74) is 1.35. The second-order valence-corrected chi connectivity index (χ2v) is 4.86. The van der Waals surface area contributed by atoms with Gasteiger partial charge in [0.05, 0.1) is 6.61 Å². The van der Waals surface area contributed by atoms with E-state index in [1.807, 2.05) is 18.3 Å². The molecule has 0 aliphatic rings. The maximum absolute atomic E-state index is 8.83. The van der Waals surface area contributed by atoms with Gasteiger partial charge in [0, 0.05) is 22.3 Å². The summed E-state index contributed by atoms with van der Waals surface area (Å²) in [6, 6.07) is 2.39. The SMILES string of the molecule is Cc1cc(CNC(C)CO)c(C)s1. The highest BCUT2D eigenvalue weighted by atomic mass is 32.1. The first kappa shape index (κ1) is 10.7. The normalized spacial score (nSPS) is 13.2. The molecule has 13 heavy (non-hydrogen) atoms. The molecule has 1 aromatic rings. The van der Waals surface area contributed by atoms with Gasteiger partial charge in [-0.2, -0.15) is 0 Å². The van der Waals surface area contributed by atoms with Gasteiger partial charge in [0.2, 0.25) is 0 Å². The van der Waals surface area contributed by atoms with Crippen LogP contribution in [0.3, 0.4) is 0 Å². The molecule has 1 unspecified atom stereocenters. The van der Waals surface area contributed by atoms with E-state index in [0.717, 1.165) is 6.54 Å². The second kappa shape index (κ2) is 4.74. The molecule has 0 spiro atoms. The van der Waals surface area contributed by atoms with Crippen LogP contribution in [0.2, 0.25) is 0 Å². The summed E-state index contributed by atoms with van der Waals surface area (Å²) in [6.07, 6.45) is 0. The van der Waals surface area contributed by atoms with Crippen LogP contribution in [-0.2, 0) is 6.54 Å². The predicted octanol–water partition coefficient (Wildman–Crippen LogP) is 1.84. The minimum atomic E-state index is 0.180. The van der Waals surface area contributed by atoms with Crippen LogP contribution in [0.4, 0.5) is 0 Å². The van der Waals surface area contributed by atoms with Gasteiger partial charge in [-0.05, 0) is 32.4 Å². The van der Waals surface area contributed by atoms with E-state index < -0.39 is 0 Å². The molecule has 0 saturated heterocycles. The number of thiophene rings is 1. The van der Waals surface area contributed by atoms with E-state index >= 15 is 0 Å². The molecule has 1 aromatic heterocycles. The lowest BCUT2D eigenvalue weighted by molar-refractivity contribution is 0.251. The van der Waals surface area contributed by atoms with Gasteiger partial charge in [-0.25, -0.2) is 0 Å². The third-order valence-electron chi connectivity index (χ3n) is 2.06. The van der Waals surface area contributed by atoms with Crippen LogP contribution in [0, 0.1) is 13.8 Å². The van der Waals surface area contributed by atoms with E-state index in [2.05, 4.69) is 25.2 Å². The number of hydrogen-bond acceptors (Lipinski definition) is 3.